The summed E-state index contributed by atoms with van der Waals surface area (Å²) < 4.78 is 10.7. The Morgan fingerprint density at radius 3 is 2.84 bits per heavy atom. The molecule has 0 aromatic heterocycles. The molecule has 1 aromatic rings. The van der Waals surface area contributed by atoms with Crippen LogP contribution in [0.1, 0.15) is 36.8 Å². The number of nitrogens with one attached hydrogen (secondary N) is 2. The number of aryl methyl sites for hydroxylation is 1. The summed E-state index contributed by atoms with van der Waals surface area (Å²) in [6.07, 6.45) is 5.86. The molecule has 1 saturated heterocycles. The Kier molecular flexibility index (Phi) is 6.40. The average Bonchev–Trinajstić information content (AvgIpc) is 3.57. The molecule has 168 valence electrons. The SMILES string of the molecule is COCCCc1ccc(Cl)c(COC(=O)C2=CCC3(C4(C(N)=O)CC4)CNCC2N3)c1. The zero-order valence-electron chi connectivity index (χ0n) is 17.8. The second-order valence-electron chi connectivity index (χ2n) is 8.82. The maximum atomic E-state index is 12.9. The summed E-state index contributed by atoms with van der Waals surface area (Å²) in [5, 5.41) is 7.51. The van der Waals surface area contributed by atoms with Gasteiger partial charge in [0.15, 0.2) is 0 Å². The van der Waals surface area contributed by atoms with E-state index in [-0.39, 0.29) is 24.5 Å². The topological polar surface area (TPSA) is 103 Å². The van der Waals surface area contributed by atoms with E-state index >= 15 is 0 Å². The van der Waals surface area contributed by atoms with Gasteiger partial charge in [-0.15, -0.1) is 0 Å². The number of carbonyl (C=O) groups is 2. The van der Waals surface area contributed by atoms with Gasteiger partial charge in [0.25, 0.3) is 0 Å². The summed E-state index contributed by atoms with van der Waals surface area (Å²) >= 11 is 6.32. The molecule has 8 heteroatoms. The molecule has 2 unspecified atom stereocenters. The van der Waals surface area contributed by atoms with Crippen molar-refractivity contribution in [3.05, 3.63) is 46.0 Å². The van der Waals surface area contributed by atoms with Gasteiger partial charge >= 0.3 is 5.97 Å². The first-order chi connectivity index (χ1) is 14.9. The fourth-order valence-corrected chi connectivity index (χ4v) is 5.14. The molecule has 3 aliphatic rings. The van der Waals surface area contributed by atoms with Crippen LogP contribution in [0.2, 0.25) is 5.02 Å². The van der Waals surface area contributed by atoms with Crippen LogP contribution >= 0.6 is 11.6 Å². The summed E-state index contributed by atoms with van der Waals surface area (Å²) in [6.45, 7) is 2.08. The quantitative estimate of drug-likeness (QED) is 0.394. The molecule has 1 saturated carbocycles. The van der Waals surface area contributed by atoms with Crippen molar-refractivity contribution < 1.29 is 19.1 Å². The second-order valence-corrected chi connectivity index (χ2v) is 9.23. The first-order valence-corrected chi connectivity index (χ1v) is 11.2. The number of fused-ring (bicyclic) bond motifs is 2. The predicted molar refractivity (Wildman–Crippen MR) is 118 cm³/mol. The lowest BCUT2D eigenvalue weighted by atomic mass is 9.72. The highest BCUT2D eigenvalue weighted by Gasteiger charge is 2.65. The molecule has 2 atom stereocenters. The van der Waals surface area contributed by atoms with Gasteiger partial charge in [-0.2, -0.15) is 0 Å². The molecule has 2 bridgehead atoms. The van der Waals surface area contributed by atoms with Crippen molar-refractivity contribution in [3.63, 3.8) is 0 Å². The summed E-state index contributed by atoms with van der Waals surface area (Å²) in [7, 11) is 1.69. The van der Waals surface area contributed by atoms with Crippen LogP contribution in [0.3, 0.4) is 0 Å². The second kappa shape index (κ2) is 8.90. The first kappa shape index (κ1) is 22.3. The van der Waals surface area contributed by atoms with E-state index in [1.807, 2.05) is 24.3 Å². The molecule has 4 N–H and O–H groups in total. The standard InChI is InChI=1S/C23H30ClN3O4/c1-30-10-2-3-15-4-5-18(24)16(11-15)13-31-20(28)17-6-7-23(14-26-12-19(17)27-23)22(8-9-22)21(25)29/h4-6,11,19,26-27H,2-3,7-10,12-14H2,1H3,(H2,25,29). The van der Waals surface area contributed by atoms with Crippen LogP contribution in [-0.4, -0.2) is 50.3 Å². The summed E-state index contributed by atoms with van der Waals surface area (Å²) in [5.41, 5.74) is 7.29. The molecular weight excluding hydrogens is 418 g/mol. The Hall–Kier alpha value is -1.93. The van der Waals surface area contributed by atoms with E-state index in [4.69, 9.17) is 26.8 Å². The van der Waals surface area contributed by atoms with Crippen LogP contribution in [0.15, 0.2) is 29.8 Å². The lowest BCUT2D eigenvalue weighted by Gasteiger charge is -2.49. The van der Waals surface area contributed by atoms with Crippen molar-refractivity contribution in [2.45, 2.75) is 50.3 Å². The van der Waals surface area contributed by atoms with E-state index < -0.39 is 11.0 Å². The maximum absolute atomic E-state index is 12.9. The predicted octanol–water partition coefficient (Wildman–Crippen LogP) is 1.86. The molecule has 31 heavy (non-hydrogen) atoms. The third-order valence-electron chi connectivity index (χ3n) is 6.93. The zero-order chi connectivity index (χ0) is 22.1. The van der Waals surface area contributed by atoms with E-state index in [2.05, 4.69) is 10.6 Å². The fraction of sp³-hybridized carbons (Fsp3) is 0.565. The first-order valence-electron chi connectivity index (χ1n) is 10.8. The van der Waals surface area contributed by atoms with Crippen LogP contribution < -0.4 is 16.4 Å². The van der Waals surface area contributed by atoms with E-state index in [9.17, 15) is 9.59 Å². The van der Waals surface area contributed by atoms with Gasteiger partial charge in [0.05, 0.1) is 17.0 Å². The minimum atomic E-state index is -0.526. The monoisotopic (exact) mass is 447 g/mol. The Balaban J connectivity index is 1.42. The molecule has 0 radical (unpaired) electrons. The number of piperazine rings is 1. The smallest absolute Gasteiger partial charge is 0.335 e. The number of methoxy groups -OCH3 is 1. The molecule has 4 rings (SSSR count). The largest absolute Gasteiger partial charge is 0.457 e. The average molecular weight is 448 g/mol. The minimum absolute atomic E-state index is 0.115. The highest BCUT2D eigenvalue weighted by Crippen LogP contribution is 2.56. The minimum Gasteiger partial charge on any atom is -0.457 e. The Labute approximate surface area is 187 Å². The molecule has 1 aliphatic carbocycles. The molecule has 1 aromatic carbocycles. The highest BCUT2D eigenvalue weighted by molar-refractivity contribution is 6.31. The van der Waals surface area contributed by atoms with Crippen LogP contribution in [0.4, 0.5) is 0 Å². The van der Waals surface area contributed by atoms with E-state index in [0.717, 1.165) is 36.8 Å². The number of hydrogen-bond acceptors (Lipinski definition) is 6. The van der Waals surface area contributed by atoms with Crippen LogP contribution in [0, 0.1) is 5.41 Å². The third-order valence-corrected chi connectivity index (χ3v) is 7.30. The number of benzene rings is 1. The van der Waals surface area contributed by atoms with Crippen LogP contribution in [0.25, 0.3) is 0 Å². The van der Waals surface area contributed by atoms with Crippen molar-refractivity contribution in [2.75, 3.05) is 26.8 Å². The van der Waals surface area contributed by atoms with Crippen molar-refractivity contribution >= 4 is 23.5 Å². The number of hydrogen-bond donors (Lipinski definition) is 3. The third kappa shape index (κ3) is 4.24. The van der Waals surface area contributed by atoms with Gasteiger partial charge in [-0.3, -0.25) is 4.79 Å². The number of esters is 1. The van der Waals surface area contributed by atoms with Gasteiger partial charge in [0.1, 0.15) is 6.61 Å². The highest BCUT2D eigenvalue weighted by atomic mass is 35.5. The normalized spacial score (nSPS) is 26.1. The lowest BCUT2D eigenvalue weighted by Crippen LogP contribution is -2.71. The molecule has 7 nitrogen and oxygen atoms in total. The van der Waals surface area contributed by atoms with E-state index in [1.165, 1.54) is 0 Å². The summed E-state index contributed by atoms with van der Waals surface area (Å²) in [6, 6.07) is 5.60. The Morgan fingerprint density at radius 2 is 2.13 bits per heavy atom. The molecule has 2 heterocycles. The maximum Gasteiger partial charge on any atom is 0.335 e. The van der Waals surface area contributed by atoms with Crippen LogP contribution in [0.5, 0.6) is 0 Å². The lowest BCUT2D eigenvalue weighted by molar-refractivity contribution is -0.141. The van der Waals surface area contributed by atoms with Crippen molar-refractivity contribution in [1.29, 1.82) is 0 Å². The van der Waals surface area contributed by atoms with Crippen molar-refractivity contribution in [2.24, 2.45) is 11.1 Å². The van der Waals surface area contributed by atoms with Gasteiger partial charge in [0, 0.05) is 42.9 Å². The van der Waals surface area contributed by atoms with Gasteiger partial charge in [-0.1, -0.05) is 29.8 Å². The number of nitrogens with two attached hydrogens (primary N) is 1. The molecule has 2 aliphatic heterocycles. The van der Waals surface area contributed by atoms with E-state index in [0.29, 0.717) is 36.7 Å². The molecule has 2 fully saturated rings. The number of rotatable bonds is 9. The number of halogens is 1. The number of carbonyl (C=O) groups excluding carboxylic acids is 2. The van der Waals surface area contributed by atoms with Gasteiger partial charge < -0.3 is 25.8 Å². The molecule has 0 spiro atoms. The molecular formula is C23H30ClN3O4. The van der Waals surface area contributed by atoms with Gasteiger partial charge in [0.2, 0.25) is 5.91 Å². The fourth-order valence-electron chi connectivity index (χ4n) is 4.97. The van der Waals surface area contributed by atoms with Crippen molar-refractivity contribution in [3.8, 4) is 0 Å². The number of ether oxygens (including phenoxy) is 2. The number of primary amides is 1. The summed E-state index contributed by atoms with van der Waals surface area (Å²) in [4.78, 5) is 25.0. The Morgan fingerprint density at radius 1 is 1.32 bits per heavy atom. The van der Waals surface area contributed by atoms with Crippen LogP contribution in [-0.2, 0) is 32.1 Å². The number of amides is 1. The van der Waals surface area contributed by atoms with Gasteiger partial charge in [-0.05, 0) is 43.7 Å². The van der Waals surface area contributed by atoms with Crippen molar-refractivity contribution in [1.82, 2.24) is 10.6 Å². The Bertz CT molecular complexity index is 899. The van der Waals surface area contributed by atoms with E-state index in [1.54, 1.807) is 7.11 Å². The van der Waals surface area contributed by atoms with Gasteiger partial charge in [-0.25, -0.2) is 4.79 Å². The summed E-state index contributed by atoms with van der Waals surface area (Å²) in [5.74, 6) is -0.624. The zero-order valence-corrected chi connectivity index (χ0v) is 18.6. The molecule has 1 amide bonds.